The molecule has 35 heavy (non-hydrogen) atoms. The number of fused-ring (bicyclic) bond motifs is 2. The van der Waals surface area contributed by atoms with Crippen molar-refractivity contribution in [2.24, 2.45) is 0 Å². The first-order chi connectivity index (χ1) is 17.1. The quantitative estimate of drug-likeness (QED) is 0.219. The number of H-pyrrole nitrogens is 1. The number of nitrogen functional groups attached to an aromatic ring is 1. The number of thiophene rings is 1. The Morgan fingerprint density at radius 3 is 2.89 bits per heavy atom. The second-order valence-electron chi connectivity index (χ2n) is 7.93. The first kappa shape index (κ1) is 22.4. The highest BCUT2D eigenvalue weighted by molar-refractivity contribution is 7.18. The van der Waals surface area contributed by atoms with Crippen LogP contribution in [0.4, 0.5) is 5.82 Å². The van der Waals surface area contributed by atoms with Crippen molar-refractivity contribution in [2.75, 3.05) is 12.8 Å². The number of nitrogens with one attached hydrogen (secondary N) is 2. The molecule has 4 N–H and O–H groups in total. The molecule has 0 unspecified atom stereocenters. The van der Waals surface area contributed by atoms with Gasteiger partial charge in [-0.05, 0) is 41.3 Å². The average molecular weight is 483 g/mol. The Morgan fingerprint density at radius 1 is 1.23 bits per heavy atom. The molecule has 2 aromatic carbocycles. The summed E-state index contributed by atoms with van der Waals surface area (Å²) in [5.74, 6) is 0.890. The van der Waals surface area contributed by atoms with Crippen LogP contribution in [0, 0.1) is 0 Å². The smallest absolute Gasteiger partial charge is 0.267 e. The van der Waals surface area contributed by atoms with Crippen molar-refractivity contribution in [3.05, 3.63) is 83.0 Å². The van der Waals surface area contributed by atoms with Crippen LogP contribution in [0.5, 0.6) is 5.75 Å². The predicted octanol–water partition coefficient (Wildman–Crippen LogP) is 5.18. The van der Waals surface area contributed by atoms with Gasteiger partial charge >= 0.3 is 0 Å². The third kappa shape index (κ3) is 4.27. The molecule has 1 amide bonds. The van der Waals surface area contributed by atoms with Crippen LogP contribution in [0.25, 0.3) is 38.2 Å². The van der Waals surface area contributed by atoms with E-state index in [2.05, 4.69) is 15.3 Å². The molecular weight excluding hydrogens is 460 g/mol. The lowest BCUT2D eigenvalue weighted by Crippen LogP contribution is -2.23. The van der Waals surface area contributed by atoms with Crippen LogP contribution in [-0.2, 0) is 11.3 Å². The highest BCUT2D eigenvalue weighted by atomic mass is 32.1. The number of methoxy groups -OCH3 is 1. The number of aromatic nitrogens is 2. The van der Waals surface area contributed by atoms with E-state index in [0.717, 1.165) is 49.5 Å². The standard InChI is InChI=1S/C27H22N4O3S/c1-34-23-12-16(20-15-35-25-19(6-4-10-32)14-29-26(28)24(20)25)8-9-18(23)13-30-27(33)22-11-17-5-2-3-7-21(17)31-22/h2-12,14-15,31H,13H2,1H3,(H2,28,29)(H,30,33)/b6-4+. The van der Waals surface area contributed by atoms with E-state index in [1.54, 1.807) is 30.7 Å². The lowest BCUT2D eigenvalue weighted by molar-refractivity contribution is -0.104. The fourth-order valence-corrected chi connectivity index (χ4v) is 5.16. The van der Waals surface area contributed by atoms with Gasteiger partial charge in [-0.1, -0.05) is 30.3 Å². The highest BCUT2D eigenvalue weighted by Gasteiger charge is 2.16. The van der Waals surface area contributed by atoms with Gasteiger partial charge in [0.05, 0.1) is 7.11 Å². The number of ether oxygens (including phenoxy) is 1. The number of carbonyl (C=O) groups excluding carboxylic acids is 2. The molecule has 0 aliphatic carbocycles. The predicted molar refractivity (Wildman–Crippen MR) is 141 cm³/mol. The normalized spacial score (nSPS) is 11.3. The average Bonchev–Trinajstić information content (AvgIpc) is 3.52. The van der Waals surface area contributed by atoms with Crippen LogP contribution >= 0.6 is 11.3 Å². The number of nitrogens with two attached hydrogens (primary N) is 1. The highest BCUT2D eigenvalue weighted by Crippen LogP contribution is 2.40. The van der Waals surface area contributed by atoms with E-state index in [4.69, 9.17) is 10.5 Å². The number of pyridine rings is 1. The minimum atomic E-state index is -0.189. The summed E-state index contributed by atoms with van der Waals surface area (Å²) in [5.41, 5.74) is 11.2. The topological polar surface area (TPSA) is 110 Å². The molecule has 0 radical (unpaired) electrons. The maximum absolute atomic E-state index is 12.7. The Labute approximate surface area is 205 Å². The van der Waals surface area contributed by atoms with Crippen molar-refractivity contribution in [3.8, 4) is 16.9 Å². The maximum Gasteiger partial charge on any atom is 0.267 e. The number of hydrogen-bond donors (Lipinski definition) is 3. The molecule has 0 saturated carbocycles. The van der Waals surface area contributed by atoms with Gasteiger partial charge in [0.25, 0.3) is 5.91 Å². The maximum atomic E-state index is 12.7. The monoisotopic (exact) mass is 482 g/mol. The molecule has 0 fully saturated rings. The molecule has 8 heteroatoms. The van der Waals surface area contributed by atoms with Gasteiger partial charge in [0, 0.05) is 50.4 Å². The van der Waals surface area contributed by atoms with Crippen molar-refractivity contribution in [1.29, 1.82) is 0 Å². The molecule has 174 valence electrons. The summed E-state index contributed by atoms with van der Waals surface area (Å²) in [7, 11) is 1.60. The van der Waals surface area contributed by atoms with Gasteiger partial charge in [-0.2, -0.15) is 0 Å². The second kappa shape index (κ2) is 9.44. The number of allylic oxidation sites excluding steroid dienone is 1. The van der Waals surface area contributed by atoms with Gasteiger partial charge in [-0.3, -0.25) is 9.59 Å². The number of rotatable bonds is 7. The number of carbonyl (C=O) groups is 2. The van der Waals surface area contributed by atoms with E-state index in [-0.39, 0.29) is 5.91 Å². The van der Waals surface area contributed by atoms with Gasteiger partial charge in [-0.25, -0.2) is 4.98 Å². The van der Waals surface area contributed by atoms with E-state index in [1.807, 2.05) is 53.9 Å². The Hall–Kier alpha value is -4.43. The van der Waals surface area contributed by atoms with Crippen molar-refractivity contribution in [2.45, 2.75) is 6.54 Å². The molecule has 0 aliphatic heterocycles. The molecule has 0 aliphatic rings. The summed E-state index contributed by atoms with van der Waals surface area (Å²) in [6.45, 7) is 0.312. The summed E-state index contributed by atoms with van der Waals surface area (Å²) in [4.78, 5) is 30.9. The van der Waals surface area contributed by atoms with Gasteiger partial charge in [0.2, 0.25) is 0 Å². The number of hydrogen-bond acceptors (Lipinski definition) is 6. The molecule has 5 rings (SSSR count). The zero-order valence-electron chi connectivity index (χ0n) is 18.9. The van der Waals surface area contributed by atoms with Crippen molar-refractivity contribution >= 4 is 56.4 Å². The van der Waals surface area contributed by atoms with Crippen LogP contribution in [0.15, 0.2) is 66.2 Å². The number of nitrogens with zero attached hydrogens (tertiary/aromatic N) is 1. The Kier molecular flexibility index (Phi) is 6.03. The summed E-state index contributed by atoms with van der Waals surface area (Å²) in [6, 6.07) is 15.4. The minimum absolute atomic E-state index is 0.189. The van der Waals surface area contributed by atoms with Crippen molar-refractivity contribution in [1.82, 2.24) is 15.3 Å². The third-order valence-electron chi connectivity index (χ3n) is 5.82. The fraction of sp³-hybridized carbons (Fsp3) is 0.0741. The third-order valence-corrected chi connectivity index (χ3v) is 6.85. The van der Waals surface area contributed by atoms with Crippen LogP contribution in [0.2, 0.25) is 0 Å². The van der Waals surface area contributed by atoms with Crippen molar-refractivity contribution < 1.29 is 14.3 Å². The number of anilines is 1. The number of para-hydroxylation sites is 1. The number of amides is 1. The van der Waals surface area contributed by atoms with E-state index in [0.29, 0.717) is 23.8 Å². The van der Waals surface area contributed by atoms with Crippen molar-refractivity contribution in [3.63, 3.8) is 0 Å². The number of aldehydes is 1. The first-order valence-corrected chi connectivity index (χ1v) is 11.8. The summed E-state index contributed by atoms with van der Waals surface area (Å²) >= 11 is 1.54. The fourth-order valence-electron chi connectivity index (χ4n) is 4.09. The molecule has 7 nitrogen and oxygen atoms in total. The van der Waals surface area contributed by atoms with E-state index < -0.39 is 0 Å². The van der Waals surface area contributed by atoms with E-state index in [9.17, 15) is 9.59 Å². The van der Waals surface area contributed by atoms with E-state index in [1.165, 1.54) is 6.08 Å². The van der Waals surface area contributed by atoms with Gasteiger partial charge < -0.3 is 20.8 Å². The Morgan fingerprint density at radius 2 is 2.09 bits per heavy atom. The Bertz CT molecular complexity index is 1570. The number of benzene rings is 2. The molecule has 0 saturated heterocycles. The van der Waals surface area contributed by atoms with Crippen LogP contribution in [-0.4, -0.2) is 29.3 Å². The molecule has 0 spiro atoms. The zero-order valence-corrected chi connectivity index (χ0v) is 19.7. The van der Waals surface area contributed by atoms with Gasteiger partial charge in [0.15, 0.2) is 0 Å². The zero-order chi connectivity index (χ0) is 24.4. The Balaban J connectivity index is 1.41. The second-order valence-corrected chi connectivity index (χ2v) is 8.81. The lowest BCUT2D eigenvalue weighted by Gasteiger charge is -2.12. The molecule has 0 atom stereocenters. The minimum Gasteiger partial charge on any atom is -0.496 e. The molecule has 3 aromatic heterocycles. The van der Waals surface area contributed by atoms with Crippen LogP contribution in [0.3, 0.4) is 0 Å². The lowest BCUT2D eigenvalue weighted by atomic mass is 10.0. The van der Waals surface area contributed by atoms with Gasteiger partial charge in [0.1, 0.15) is 23.5 Å². The summed E-state index contributed by atoms with van der Waals surface area (Å²) in [5, 5.41) is 6.80. The summed E-state index contributed by atoms with van der Waals surface area (Å²) in [6.07, 6.45) is 5.56. The largest absolute Gasteiger partial charge is 0.496 e. The summed E-state index contributed by atoms with van der Waals surface area (Å²) < 4.78 is 6.59. The van der Waals surface area contributed by atoms with Crippen LogP contribution < -0.4 is 15.8 Å². The molecule has 3 heterocycles. The SMILES string of the molecule is COc1cc(-c2csc3c(/C=C/C=O)cnc(N)c23)ccc1CNC(=O)c1cc2ccccc2[nH]1. The van der Waals surface area contributed by atoms with E-state index >= 15 is 0 Å². The first-order valence-electron chi connectivity index (χ1n) is 10.9. The van der Waals surface area contributed by atoms with Gasteiger partial charge in [-0.15, -0.1) is 11.3 Å². The van der Waals surface area contributed by atoms with Crippen LogP contribution in [0.1, 0.15) is 21.6 Å². The molecule has 5 aromatic rings. The molecular formula is C27H22N4O3S. The molecule has 0 bridgehead atoms. The number of aromatic amines is 1.